The molecule has 0 radical (unpaired) electrons. The smallest absolute Gasteiger partial charge is 0.298 e. The normalized spacial score (nSPS) is 20.9. The van der Waals surface area contributed by atoms with Gasteiger partial charge >= 0.3 is 6.18 Å². The molecule has 1 aliphatic heterocycles. The summed E-state index contributed by atoms with van der Waals surface area (Å²) in [6.45, 7) is 1.33. The molecule has 3 heterocycles. The van der Waals surface area contributed by atoms with E-state index in [0.717, 1.165) is 41.0 Å². The first-order valence-electron chi connectivity index (χ1n) is 10.9. The number of carbonyl (C=O) groups is 1. The maximum absolute atomic E-state index is 14.6. The number of halogens is 6. The summed E-state index contributed by atoms with van der Waals surface area (Å²) in [7, 11) is -4.33. The van der Waals surface area contributed by atoms with Crippen molar-refractivity contribution in [2.75, 3.05) is 0 Å². The van der Waals surface area contributed by atoms with Gasteiger partial charge < -0.3 is 0 Å². The maximum atomic E-state index is 14.6. The Hall–Kier alpha value is -2.84. The zero-order valence-electron chi connectivity index (χ0n) is 19.0. The lowest BCUT2D eigenvalue weighted by molar-refractivity contribution is -0.137. The number of hydrogen-bond acceptors (Lipinski definition) is 6. The van der Waals surface area contributed by atoms with Crippen LogP contribution >= 0.6 is 11.3 Å². The molecule has 0 unspecified atom stereocenters. The highest BCUT2D eigenvalue weighted by Crippen LogP contribution is 2.37. The van der Waals surface area contributed by atoms with Gasteiger partial charge in [-0.1, -0.05) is 0 Å². The average Bonchev–Trinajstić information content (AvgIpc) is 3.44. The van der Waals surface area contributed by atoms with Crippen molar-refractivity contribution in [3.05, 3.63) is 65.1 Å². The lowest BCUT2D eigenvalue weighted by atomic mass is 10.0. The summed E-state index contributed by atoms with van der Waals surface area (Å²) in [5, 5.41) is -1.14. The van der Waals surface area contributed by atoms with Crippen molar-refractivity contribution in [3.8, 4) is 10.4 Å². The number of pyridine rings is 1. The maximum Gasteiger partial charge on any atom is 0.443 e. The van der Waals surface area contributed by atoms with E-state index in [1.54, 1.807) is 0 Å². The van der Waals surface area contributed by atoms with E-state index in [-0.39, 0.29) is 51.6 Å². The Morgan fingerprint density at radius 2 is 1.81 bits per heavy atom. The van der Waals surface area contributed by atoms with E-state index >= 15 is 0 Å². The number of alkyl halides is 4. The number of thiazole rings is 1. The molecule has 0 spiro atoms. The molecular weight excluding hydrogens is 544 g/mol. The lowest BCUT2D eigenvalue weighted by Gasteiger charge is -2.26. The largest absolute Gasteiger partial charge is 0.443 e. The third kappa shape index (κ3) is 5.55. The number of aryl methyl sites for hydroxylation is 1. The van der Waals surface area contributed by atoms with E-state index in [4.69, 9.17) is 0 Å². The third-order valence-corrected chi connectivity index (χ3v) is 9.08. The molecule has 0 bridgehead atoms. The summed E-state index contributed by atoms with van der Waals surface area (Å²) in [5.74, 6) is -2.15. The van der Waals surface area contributed by atoms with Gasteiger partial charge in [0.05, 0.1) is 28.1 Å². The second kappa shape index (κ2) is 10.1. The Morgan fingerprint density at radius 3 is 2.43 bits per heavy atom. The van der Waals surface area contributed by atoms with Crippen LogP contribution in [0.5, 0.6) is 0 Å². The number of benzene rings is 1. The molecule has 1 saturated heterocycles. The number of sulfonamides is 1. The first kappa shape index (κ1) is 27.2. The minimum absolute atomic E-state index is 0.0822. The van der Waals surface area contributed by atoms with E-state index in [1.807, 2.05) is 0 Å². The summed E-state index contributed by atoms with van der Waals surface area (Å²) in [6, 6.07) is 2.66. The van der Waals surface area contributed by atoms with Gasteiger partial charge in [0.2, 0.25) is 10.0 Å². The highest BCUT2D eigenvalue weighted by Gasteiger charge is 2.48. The molecule has 14 heteroatoms. The van der Waals surface area contributed by atoms with Crippen LogP contribution in [0.2, 0.25) is 0 Å². The SMILES string of the molecule is C[C@H]1[C@H](F)C[C@@H](C(=O)CCc2cc(-c3cnc(C(F)(F)F)s3)c(F)cn2)N1S(=O)(=O)c1ccc(F)cc1. The topological polar surface area (TPSA) is 80.2 Å². The molecule has 6 nitrogen and oxygen atoms in total. The van der Waals surface area contributed by atoms with Crippen molar-refractivity contribution in [1.29, 1.82) is 0 Å². The van der Waals surface area contributed by atoms with E-state index in [0.29, 0.717) is 0 Å². The second-order valence-corrected chi connectivity index (χ2v) is 11.3. The molecule has 1 aromatic carbocycles. The van der Waals surface area contributed by atoms with Crippen LogP contribution in [0.25, 0.3) is 10.4 Å². The molecule has 198 valence electrons. The van der Waals surface area contributed by atoms with Gasteiger partial charge in [-0.25, -0.2) is 26.6 Å². The first-order valence-corrected chi connectivity index (χ1v) is 13.2. The number of ketones is 1. The standard InChI is InChI=1S/C23H19F6N3O3S2/c1-12-17(25)9-19(32(12)37(34,35)15-5-2-13(24)3-6-15)20(33)7-4-14-8-16(18(26)10-30-14)21-11-31-22(36-21)23(27,28)29/h2-3,5-6,8,10-12,17,19H,4,7,9H2,1H3/t12-,17+,19-/m0/s1. The molecule has 3 atom stereocenters. The highest BCUT2D eigenvalue weighted by molar-refractivity contribution is 7.89. The van der Waals surface area contributed by atoms with Crippen LogP contribution in [-0.4, -0.2) is 46.7 Å². The fraction of sp³-hybridized carbons (Fsp3) is 0.348. The molecule has 1 aliphatic rings. The molecule has 3 aromatic rings. The summed E-state index contributed by atoms with van der Waals surface area (Å²) in [5.41, 5.74) is -0.00762. The summed E-state index contributed by atoms with van der Waals surface area (Å²) >= 11 is 0.253. The molecular formula is C23H19F6N3O3S2. The van der Waals surface area contributed by atoms with Crippen molar-refractivity contribution in [1.82, 2.24) is 14.3 Å². The van der Waals surface area contributed by atoms with Gasteiger partial charge in [0.1, 0.15) is 17.8 Å². The summed E-state index contributed by atoms with van der Waals surface area (Å²) in [4.78, 5) is 19.8. The van der Waals surface area contributed by atoms with Crippen molar-refractivity contribution in [2.45, 2.75) is 55.5 Å². The Labute approximate surface area is 212 Å². The van der Waals surface area contributed by atoms with Crippen molar-refractivity contribution >= 4 is 27.1 Å². The third-order valence-electron chi connectivity index (χ3n) is 5.99. The van der Waals surface area contributed by atoms with Gasteiger partial charge in [0, 0.05) is 30.3 Å². The van der Waals surface area contributed by atoms with E-state index in [2.05, 4.69) is 9.97 Å². The molecule has 4 rings (SSSR count). The molecule has 0 N–H and O–H groups in total. The van der Waals surface area contributed by atoms with Crippen LogP contribution in [-0.2, 0) is 27.4 Å². The minimum Gasteiger partial charge on any atom is -0.298 e. The van der Waals surface area contributed by atoms with Gasteiger partial charge in [-0.05, 0) is 43.7 Å². The van der Waals surface area contributed by atoms with Gasteiger partial charge in [0.25, 0.3) is 0 Å². The van der Waals surface area contributed by atoms with Crippen LogP contribution in [0.3, 0.4) is 0 Å². The average molecular weight is 564 g/mol. The zero-order chi connectivity index (χ0) is 27.1. The number of Topliss-reactive ketones (excluding diaryl/α,β-unsaturated/α-hetero) is 1. The quantitative estimate of drug-likeness (QED) is 0.370. The van der Waals surface area contributed by atoms with E-state index < -0.39 is 56.9 Å². The number of rotatable bonds is 7. The predicted molar refractivity (Wildman–Crippen MR) is 122 cm³/mol. The Morgan fingerprint density at radius 1 is 1.14 bits per heavy atom. The van der Waals surface area contributed by atoms with E-state index in [1.165, 1.54) is 13.0 Å². The number of aromatic nitrogens is 2. The first-order chi connectivity index (χ1) is 17.3. The molecule has 0 aliphatic carbocycles. The van der Waals surface area contributed by atoms with Crippen molar-refractivity contribution < 1.29 is 39.6 Å². The number of hydrogen-bond donors (Lipinski definition) is 0. The summed E-state index contributed by atoms with van der Waals surface area (Å²) in [6.07, 6.45) is -5.35. The van der Waals surface area contributed by atoms with Crippen LogP contribution in [0.15, 0.2) is 47.6 Å². The minimum atomic E-state index is -4.69. The van der Waals surface area contributed by atoms with Crippen molar-refractivity contribution in [2.24, 2.45) is 0 Å². The zero-order valence-corrected chi connectivity index (χ0v) is 20.7. The second-order valence-electron chi connectivity index (χ2n) is 8.45. The molecule has 0 amide bonds. The van der Waals surface area contributed by atoms with Crippen LogP contribution < -0.4 is 0 Å². The Balaban J connectivity index is 1.53. The fourth-order valence-corrected chi connectivity index (χ4v) is 6.73. The van der Waals surface area contributed by atoms with Crippen LogP contribution in [0.1, 0.15) is 30.5 Å². The Bertz CT molecular complexity index is 1410. The fourth-order valence-electron chi connectivity index (χ4n) is 4.10. The molecule has 2 aromatic heterocycles. The molecule has 37 heavy (non-hydrogen) atoms. The lowest BCUT2D eigenvalue weighted by Crippen LogP contribution is -2.44. The van der Waals surface area contributed by atoms with Gasteiger partial charge in [-0.2, -0.15) is 17.5 Å². The number of carbonyl (C=O) groups excluding carboxylic acids is 1. The predicted octanol–water partition coefficient (Wildman–Crippen LogP) is 5.19. The molecule has 1 fully saturated rings. The van der Waals surface area contributed by atoms with Gasteiger partial charge in [-0.3, -0.25) is 9.78 Å². The number of nitrogens with zero attached hydrogens (tertiary/aromatic N) is 3. The van der Waals surface area contributed by atoms with Crippen molar-refractivity contribution in [3.63, 3.8) is 0 Å². The Kier molecular flexibility index (Phi) is 7.45. The highest BCUT2D eigenvalue weighted by atomic mass is 32.2. The van der Waals surface area contributed by atoms with Gasteiger partial charge in [-0.15, -0.1) is 11.3 Å². The van der Waals surface area contributed by atoms with E-state index in [9.17, 15) is 39.6 Å². The van der Waals surface area contributed by atoms with Crippen LogP contribution in [0, 0.1) is 11.6 Å². The van der Waals surface area contributed by atoms with Gasteiger partial charge in [0.15, 0.2) is 10.8 Å². The monoisotopic (exact) mass is 563 g/mol. The summed E-state index contributed by atoms with van der Waals surface area (Å²) < 4.78 is 108. The van der Waals surface area contributed by atoms with Crippen LogP contribution in [0.4, 0.5) is 26.3 Å². The molecule has 0 saturated carbocycles.